The second-order valence-corrected chi connectivity index (χ2v) is 7.48. The molecule has 4 aromatic rings. The minimum absolute atomic E-state index is 0.189. The number of aromatic nitrogens is 2. The van der Waals surface area contributed by atoms with Crippen molar-refractivity contribution in [3.8, 4) is 22.6 Å². The number of hydrogen-bond acceptors (Lipinski definition) is 4. The Labute approximate surface area is 165 Å². The van der Waals surface area contributed by atoms with Gasteiger partial charge in [0.15, 0.2) is 11.6 Å². The highest BCUT2D eigenvalue weighted by Crippen LogP contribution is 2.38. The first-order chi connectivity index (χ1) is 13.8. The lowest BCUT2D eigenvalue weighted by Crippen LogP contribution is -2.16. The molecule has 0 aliphatic heterocycles. The van der Waals surface area contributed by atoms with E-state index in [1.165, 1.54) is 28.8 Å². The smallest absolute Gasteiger partial charge is 0.274 e. The van der Waals surface area contributed by atoms with Crippen LogP contribution < -0.4 is 10.3 Å². The maximum Gasteiger partial charge on any atom is 0.274 e. The summed E-state index contributed by atoms with van der Waals surface area (Å²) in [6, 6.07) is 9.09. The Bertz CT molecular complexity index is 1380. The fourth-order valence-corrected chi connectivity index (χ4v) is 3.56. The van der Waals surface area contributed by atoms with E-state index < -0.39 is 22.2 Å². The fourth-order valence-electron chi connectivity index (χ4n) is 3.10. The summed E-state index contributed by atoms with van der Waals surface area (Å²) in [5.74, 6) is -1.59. The van der Waals surface area contributed by atoms with E-state index in [0.29, 0.717) is 28.1 Å². The van der Waals surface area contributed by atoms with Crippen molar-refractivity contribution >= 4 is 21.5 Å². The Hall–Kier alpha value is -3.46. The normalized spacial score (nSPS) is 12.2. The molecule has 0 bridgehead atoms. The third-order valence-corrected chi connectivity index (χ3v) is 5.24. The molecule has 0 amide bonds. The number of thiol groups is 1. The second-order valence-electron chi connectivity index (χ2n) is 6.38. The minimum atomic E-state index is -2.39. The molecule has 4 rings (SSSR count). The number of H-pyrrole nitrogens is 1. The van der Waals surface area contributed by atoms with Gasteiger partial charge in [-0.15, -0.1) is 0 Å². The predicted molar refractivity (Wildman–Crippen MR) is 106 cm³/mol. The number of pyridine rings is 1. The van der Waals surface area contributed by atoms with E-state index in [0.717, 1.165) is 6.07 Å². The predicted octanol–water partition coefficient (Wildman–Crippen LogP) is 4.21. The highest BCUT2D eigenvalue weighted by molar-refractivity contribution is 7.73. The Kier molecular flexibility index (Phi) is 4.67. The van der Waals surface area contributed by atoms with Crippen LogP contribution in [0.15, 0.2) is 64.5 Å². The molecule has 2 heterocycles. The monoisotopic (exact) mass is 415 g/mol. The lowest BCUT2D eigenvalue weighted by atomic mass is 10.0. The molecule has 9 heteroatoms. The van der Waals surface area contributed by atoms with Crippen LogP contribution >= 0.6 is 0 Å². The lowest BCUT2D eigenvalue weighted by molar-refractivity contribution is 0.439. The standard InChI is InChI=1S/C20H15F2N3O3S/c1-25-10-15(13-6-7-24-19(13)20(25)26)14-9-12(29(23)27)3-5-17(14)28-18-4-2-11(21)8-16(18)22/h2-10,23-24,29H,1H3. The van der Waals surface area contributed by atoms with E-state index in [9.17, 15) is 17.8 Å². The van der Waals surface area contributed by atoms with Gasteiger partial charge in [-0.2, -0.15) is 0 Å². The van der Waals surface area contributed by atoms with Gasteiger partial charge in [0, 0.05) is 46.9 Å². The van der Waals surface area contributed by atoms with Crippen LogP contribution in [0.1, 0.15) is 0 Å². The molecule has 29 heavy (non-hydrogen) atoms. The molecule has 6 nitrogen and oxygen atoms in total. The van der Waals surface area contributed by atoms with Crippen LogP contribution in [-0.2, 0) is 17.6 Å². The number of ether oxygens (including phenoxy) is 1. The Balaban J connectivity index is 1.97. The first-order valence-electron chi connectivity index (χ1n) is 8.47. The molecule has 0 saturated carbocycles. The topological polar surface area (TPSA) is 87.9 Å². The van der Waals surface area contributed by atoms with Crippen molar-refractivity contribution in [3.63, 3.8) is 0 Å². The Morgan fingerprint density at radius 2 is 1.83 bits per heavy atom. The van der Waals surface area contributed by atoms with Gasteiger partial charge in [0.05, 0.1) is 10.6 Å². The zero-order valence-corrected chi connectivity index (χ0v) is 16.0. The summed E-state index contributed by atoms with van der Waals surface area (Å²) in [4.78, 5) is 15.5. The average Bonchev–Trinajstić information content (AvgIpc) is 3.17. The molecule has 2 N–H and O–H groups in total. The summed E-state index contributed by atoms with van der Waals surface area (Å²) >= 11 is 0. The van der Waals surface area contributed by atoms with Gasteiger partial charge in [-0.3, -0.25) is 9.57 Å². The van der Waals surface area contributed by atoms with Gasteiger partial charge in [0.1, 0.15) is 17.1 Å². The number of fused-ring (bicyclic) bond motifs is 1. The van der Waals surface area contributed by atoms with E-state index in [1.807, 2.05) is 0 Å². The first-order valence-corrected chi connectivity index (χ1v) is 9.73. The minimum Gasteiger partial charge on any atom is -0.454 e. The van der Waals surface area contributed by atoms with Gasteiger partial charge in [-0.25, -0.2) is 13.0 Å². The number of nitrogens with one attached hydrogen (secondary N) is 2. The van der Waals surface area contributed by atoms with Crippen LogP contribution in [0.5, 0.6) is 11.5 Å². The van der Waals surface area contributed by atoms with Crippen LogP contribution in [0.2, 0.25) is 0 Å². The summed E-state index contributed by atoms with van der Waals surface area (Å²) in [5.41, 5.74) is 1.12. The molecular formula is C20H15F2N3O3S. The van der Waals surface area contributed by atoms with Crippen molar-refractivity contribution in [1.29, 1.82) is 4.78 Å². The van der Waals surface area contributed by atoms with Crippen molar-refractivity contribution in [3.05, 3.63) is 76.8 Å². The molecule has 0 saturated heterocycles. The molecule has 1 unspecified atom stereocenters. The quantitative estimate of drug-likeness (QED) is 0.437. The van der Waals surface area contributed by atoms with Crippen LogP contribution in [0, 0.1) is 16.4 Å². The van der Waals surface area contributed by atoms with E-state index in [1.54, 1.807) is 25.5 Å². The van der Waals surface area contributed by atoms with E-state index in [4.69, 9.17) is 9.52 Å². The first kappa shape index (κ1) is 18.9. The van der Waals surface area contributed by atoms with Gasteiger partial charge < -0.3 is 14.3 Å². The molecule has 0 aliphatic carbocycles. The number of benzene rings is 2. The Morgan fingerprint density at radius 3 is 2.55 bits per heavy atom. The molecule has 1 atom stereocenters. The molecule has 2 aromatic heterocycles. The largest absolute Gasteiger partial charge is 0.454 e. The van der Waals surface area contributed by atoms with Gasteiger partial charge in [0.25, 0.3) is 5.56 Å². The fraction of sp³-hybridized carbons (Fsp3) is 0.0500. The highest BCUT2D eigenvalue weighted by Gasteiger charge is 2.17. The third-order valence-electron chi connectivity index (χ3n) is 4.50. The number of aromatic amines is 1. The number of rotatable bonds is 4. The van der Waals surface area contributed by atoms with Crippen LogP contribution in [0.3, 0.4) is 0 Å². The summed E-state index contributed by atoms with van der Waals surface area (Å²) in [7, 11) is -0.801. The number of aryl methyl sites for hydroxylation is 1. The zero-order valence-electron chi connectivity index (χ0n) is 15.1. The molecular weight excluding hydrogens is 400 g/mol. The molecule has 2 aromatic carbocycles. The number of nitrogens with zero attached hydrogens (tertiary/aromatic N) is 1. The average molecular weight is 415 g/mol. The SMILES string of the molecule is Cn1cc(-c2cc([SH](=N)=O)ccc2Oc2ccc(F)cc2F)c2cc[nH]c2c1=O. The van der Waals surface area contributed by atoms with Crippen molar-refractivity contribution in [2.24, 2.45) is 7.05 Å². The number of halogens is 2. The summed E-state index contributed by atoms with van der Waals surface area (Å²) in [5, 5.41) is 0.592. The molecule has 0 fully saturated rings. The van der Waals surface area contributed by atoms with Crippen LogP contribution in [0.25, 0.3) is 22.0 Å². The van der Waals surface area contributed by atoms with Crippen molar-refractivity contribution in [2.45, 2.75) is 4.90 Å². The van der Waals surface area contributed by atoms with Crippen molar-refractivity contribution < 1.29 is 17.7 Å². The Morgan fingerprint density at radius 1 is 1.07 bits per heavy atom. The van der Waals surface area contributed by atoms with Gasteiger partial charge in [-0.05, 0) is 36.4 Å². The van der Waals surface area contributed by atoms with E-state index in [-0.39, 0.29) is 22.0 Å². The molecule has 0 aliphatic rings. The van der Waals surface area contributed by atoms with Crippen LogP contribution in [-0.4, -0.2) is 13.8 Å². The third kappa shape index (κ3) is 3.40. The van der Waals surface area contributed by atoms with Crippen molar-refractivity contribution in [1.82, 2.24) is 9.55 Å². The summed E-state index contributed by atoms with van der Waals surface area (Å²) < 4.78 is 53.7. The maximum atomic E-state index is 14.1. The van der Waals surface area contributed by atoms with Gasteiger partial charge in [0.2, 0.25) is 0 Å². The second kappa shape index (κ2) is 7.17. The zero-order chi connectivity index (χ0) is 20.7. The summed E-state index contributed by atoms with van der Waals surface area (Å²) in [6.45, 7) is 0. The number of hydrogen-bond donors (Lipinski definition) is 3. The lowest BCUT2D eigenvalue weighted by Gasteiger charge is -2.14. The van der Waals surface area contributed by atoms with Crippen molar-refractivity contribution in [2.75, 3.05) is 0 Å². The molecule has 148 valence electrons. The molecule has 0 spiro atoms. The molecule has 0 radical (unpaired) electrons. The van der Waals surface area contributed by atoms with Gasteiger partial charge in [-0.1, -0.05) is 0 Å². The van der Waals surface area contributed by atoms with E-state index in [2.05, 4.69) is 4.98 Å². The summed E-state index contributed by atoms with van der Waals surface area (Å²) in [6.07, 6.45) is 3.20. The van der Waals surface area contributed by atoms with E-state index >= 15 is 0 Å². The van der Waals surface area contributed by atoms with Crippen LogP contribution in [0.4, 0.5) is 8.78 Å². The maximum absolute atomic E-state index is 14.1. The highest BCUT2D eigenvalue weighted by atomic mass is 32.2. The van der Waals surface area contributed by atoms with Gasteiger partial charge >= 0.3 is 0 Å².